The molecule has 0 heterocycles. The summed E-state index contributed by atoms with van der Waals surface area (Å²) in [5.41, 5.74) is 1.20. The van der Waals surface area contributed by atoms with Crippen LogP contribution in [0.4, 0.5) is 0 Å². The fourth-order valence-corrected chi connectivity index (χ4v) is 2.61. The van der Waals surface area contributed by atoms with Gasteiger partial charge in [-0.2, -0.15) is 0 Å². The van der Waals surface area contributed by atoms with Crippen molar-refractivity contribution < 1.29 is 0 Å². The second kappa shape index (κ2) is 5.39. The minimum atomic E-state index is 0.372. The van der Waals surface area contributed by atoms with Gasteiger partial charge < -0.3 is 5.32 Å². The van der Waals surface area contributed by atoms with Crippen LogP contribution in [-0.4, -0.2) is 7.05 Å². The van der Waals surface area contributed by atoms with Gasteiger partial charge in [0.15, 0.2) is 0 Å². The summed E-state index contributed by atoms with van der Waals surface area (Å²) in [7, 11) is 1.99. The minimum absolute atomic E-state index is 0.372. The van der Waals surface area contributed by atoms with Crippen LogP contribution in [0.2, 0.25) is 10.0 Å². The molecule has 0 aromatic heterocycles. The average Bonchev–Trinajstić information content (AvgIpc) is 3.01. The van der Waals surface area contributed by atoms with E-state index in [0.717, 1.165) is 12.3 Å². The molecule has 1 fully saturated rings. The molecule has 2 rings (SSSR count). The smallest absolute Gasteiger partial charge is 0.0424 e. The molecule has 1 aromatic rings. The van der Waals surface area contributed by atoms with E-state index >= 15 is 0 Å². The van der Waals surface area contributed by atoms with Crippen molar-refractivity contribution in [1.29, 1.82) is 0 Å². The zero-order valence-corrected chi connectivity index (χ0v) is 11.0. The van der Waals surface area contributed by atoms with Crippen molar-refractivity contribution in [3.63, 3.8) is 0 Å². The maximum absolute atomic E-state index is 6.01. The van der Waals surface area contributed by atoms with E-state index in [-0.39, 0.29) is 0 Å². The zero-order valence-electron chi connectivity index (χ0n) is 9.47. The Morgan fingerprint density at radius 3 is 2.38 bits per heavy atom. The SMILES string of the molecule is CNC(CCC1CC1)c1cc(Cl)cc(Cl)c1. The van der Waals surface area contributed by atoms with E-state index < -0.39 is 0 Å². The summed E-state index contributed by atoms with van der Waals surface area (Å²) in [5.74, 6) is 0.963. The Balaban J connectivity index is 2.04. The average molecular weight is 258 g/mol. The van der Waals surface area contributed by atoms with Crippen LogP contribution < -0.4 is 5.32 Å². The minimum Gasteiger partial charge on any atom is -0.313 e. The second-order valence-corrected chi connectivity index (χ2v) is 5.44. The third-order valence-corrected chi connectivity index (χ3v) is 3.63. The molecular formula is C13H17Cl2N. The molecule has 1 aliphatic rings. The molecule has 0 saturated heterocycles. The van der Waals surface area contributed by atoms with Gasteiger partial charge in [-0.3, -0.25) is 0 Å². The number of benzene rings is 1. The lowest BCUT2D eigenvalue weighted by Gasteiger charge is -2.17. The summed E-state index contributed by atoms with van der Waals surface area (Å²) in [6.07, 6.45) is 5.28. The number of hydrogen-bond acceptors (Lipinski definition) is 1. The number of hydrogen-bond donors (Lipinski definition) is 1. The Labute approximate surface area is 107 Å². The molecule has 1 aliphatic carbocycles. The molecule has 1 N–H and O–H groups in total. The molecule has 88 valence electrons. The van der Waals surface area contributed by atoms with Gasteiger partial charge in [-0.15, -0.1) is 0 Å². The summed E-state index contributed by atoms with van der Waals surface area (Å²) in [6, 6.07) is 6.15. The van der Waals surface area contributed by atoms with Crippen LogP contribution in [0.25, 0.3) is 0 Å². The Hall–Kier alpha value is -0.240. The highest BCUT2D eigenvalue weighted by Gasteiger charge is 2.22. The van der Waals surface area contributed by atoms with Gasteiger partial charge in [0.1, 0.15) is 0 Å². The summed E-state index contributed by atoms with van der Waals surface area (Å²) >= 11 is 12.0. The van der Waals surface area contributed by atoms with Gasteiger partial charge in [0.25, 0.3) is 0 Å². The van der Waals surface area contributed by atoms with Crippen molar-refractivity contribution in [1.82, 2.24) is 5.32 Å². The number of rotatable bonds is 5. The summed E-state index contributed by atoms with van der Waals surface area (Å²) in [4.78, 5) is 0. The lowest BCUT2D eigenvalue weighted by atomic mass is 10.0. The van der Waals surface area contributed by atoms with E-state index in [9.17, 15) is 0 Å². The largest absolute Gasteiger partial charge is 0.313 e. The van der Waals surface area contributed by atoms with Crippen molar-refractivity contribution in [3.05, 3.63) is 33.8 Å². The molecule has 16 heavy (non-hydrogen) atoms. The zero-order chi connectivity index (χ0) is 11.5. The van der Waals surface area contributed by atoms with Crippen molar-refractivity contribution in [2.75, 3.05) is 7.05 Å². The fourth-order valence-electron chi connectivity index (χ4n) is 2.06. The number of nitrogens with one attached hydrogen (secondary N) is 1. The molecule has 1 nitrogen and oxygen atoms in total. The summed E-state index contributed by atoms with van der Waals surface area (Å²) < 4.78 is 0. The van der Waals surface area contributed by atoms with Gasteiger partial charge >= 0.3 is 0 Å². The topological polar surface area (TPSA) is 12.0 Å². The number of halogens is 2. The molecule has 0 radical (unpaired) electrons. The first kappa shape index (κ1) is 12.2. The normalized spacial score (nSPS) is 17.4. The van der Waals surface area contributed by atoms with Crippen LogP contribution >= 0.6 is 23.2 Å². The maximum Gasteiger partial charge on any atom is 0.0424 e. The quantitative estimate of drug-likeness (QED) is 0.823. The first-order valence-corrected chi connectivity index (χ1v) is 6.58. The monoisotopic (exact) mass is 257 g/mol. The highest BCUT2D eigenvalue weighted by atomic mass is 35.5. The molecule has 0 spiro atoms. The first-order chi connectivity index (χ1) is 7.69. The van der Waals surface area contributed by atoms with Crippen LogP contribution in [0.5, 0.6) is 0 Å². The predicted octanol–water partition coefficient (Wildman–Crippen LogP) is 4.44. The highest BCUT2D eigenvalue weighted by molar-refractivity contribution is 6.34. The molecule has 1 unspecified atom stereocenters. The van der Waals surface area contributed by atoms with E-state index in [0.29, 0.717) is 16.1 Å². The van der Waals surface area contributed by atoms with Crippen molar-refractivity contribution in [2.24, 2.45) is 5.92 Å². The van der Waals surface area contributed by atoms with Crippen molar-refractivity contribution >= 4 is 23.2 Å². The molecule has 0 bridgehead atoms. The lowest BCUT2D eigenvalue weighted by molar-refractivity contribution is 0.506. The van der Waals surface area contributed by atoms with E-state index in [1.54, 1.807) is 6.07 Å². The Kier molecular flexibility index (Phi) is 4.12. The molecule has 0 amide bonds. The van der Waals surface area contributed by atoms with Gasteiger partial charge in [-0.25, -0.2) is 0 Å². The molecular weight excluding hydrogens is 241 g/mol. The van der Waals surface area contributed by atoms with Crippen molar-refractivity contribution in [3.8, 4) is 0 Å². The van der Waals surface area contributed by atoms with E-state index in [1.165, 1.54) is 24.8 Å². The standard InChI is InChI=1S/C13H17Cl2N/c1-16-13(5-4-9-2-3-9)10-6-11(14)8-12(15)7-10/h6-9,13,16H,2-5H2,1H3. The van der Waals surface area contributed by atoms with Crippen molar-refractivity contribution in [2.45, 2.75) is 31.7 Å². The van der Waals surface area contributed by atoms with Crippen LogP contribution in [0.1, 0.15) is 37.3 Å². The maximum atomic E-state index is 6.01. The van der Waals surface area contributed by atoms with Crippen LogP contribution in [0.3, 0.4) is 0 Å². The predicted molar refractivity (Wildman–Crippen MR) is 70.2 cm³/mol. The van der Waals surface area contributed by atoms with E-state index in [4.69, 9.17) is 23.2 Å². The van der Waals surface area contributed by atoms with Crippen LogP contribution in [0, 0.1) is 5.92 Å². The van der Waals surface area contributed by atoms with Gasteiger partial charge in [0.05, 0.1) is 0 Å². The Morgan fingerprint density at radius 1 is 1.25 bits per heavy atom. The fraction of sp³-hybridized carbons (Fsp3) is 0.538. The molecule has 1 atom stereocenters. The third kappa shape index (κ3) is 3.38. The van der Waals surface area contributed by atoms with E-state index in [2.05, 4.69) is 5.32 Å². The summed E-state index contributed by atoms with van der Waals surface area (Å²) in [6.45, 7) is 0. The van der Waals surface area contributed by atoms with Gasteiger partial charge in [0.2, 0.25) is 0 Å². The Bertz CT molecular complexity index is 341. The van der Waals surface area contributed by atoms with E-state index in [1.807, 2.05) is 19.2 Å². The van der Waals surface area contributed by atoms with Gasteiger partial charge in [-0.05, 0) is 49.6 Å². The molecule has 3 heteroatoms. The second-order valence-electron chi connectivity index (χ2n) is 4.56. The summed E-state index contributed by atoms with van der Waals surface area (Å²) in [5, 5.41) is 4.77. The van der Waals surface area contributed by atoms with Gasteiger partial charge in [0, 0.05) is 16.1 Å². The van der Waals surface area contributed by atoms with Gasteiger partial charge in [-0.1, -0.05) is 36.0 Å². The first-order valence-electron chi connectivity index (χ1n) is 5.82. The molecule has 0 aliphatic heterocycles. The lowest BCUT2D eigenvalue weighted by Crippen LogP contribution is -2.16. The third-order valence-electron chi connectivity index (χ3n) is 3.20. The Morgan fingerprint density at radius 2 is 1.88 bits per heavy atom. The highest BCUT2D eigenvalue weighted by Crippen LogP contribution is 2.36. The van der Waals surface area contributed by atoms with Crippen LogP contribution in [0.15, 0.2) is 18.2 Å². The molecule has 1 saturated carbocycles. The van der Waals surface area contributed by atoms with Crippen LogP contribution in [-0.2, 0) is 0 Å². The molecule has 1 aromatic carbocycles.